The molecule has 0 amide bonds. The molecule has 0 aliphatic rings. The molecule has 7 heteroatoms. The van der Waals surface area contributed by atoms with Crippen LogP contribution in [-0.4, -0.2) is 14.1 Å². The summed E-state index contributed by atoms with van der Waals surface area (Å²) in [4.78, 5) is 0. The zero-order chi connectivity index (χ0) is 13.1. The quantitative estimate of drug-likeness (QED) is 0.558. The van der Waals surface area contributed by atoms with Crippen molar-refractivity contribution < 1.29 is 31.7 Å². The average molecular weight is 556 g/mol. The first-order valence-corrected chi connectivity index (χ1v) is 6.50. The van der Waals surface area contributed by atoms with E-state index in [-0.39, 0.29) is 75.0 Å². The summed E-state index contributed by atoms with van der Waals surface area (Å²) < 4.78 is 0. The Bertz CT molecular complexity index is 377. The molecule has 0 fully saturated rings. The van der Waals surface area contributed by atoms with Crippen molar-refractivity contribution in [3.63, 3.8) is 0 Å². The van der Waals surface area contributed by atoms with Crippen molar-refractivity contribution >= 4 is 54.0 Å². The minimum Gasteiger partial charge on any atom is -2.00 e. The van der Waals surface area contributed by atoms with Crippen LogP contribution >= 0.6 is 0 Å². The third-order valence-electron chi connectivity index (χ3n) is 2.57. The molecule has 0 unspecified atom stereocenters. The molecule has 0 radical (unpaired) electrons. The Morgan fingerprint density at radius 2 is 0.826 bits per heavy atom. The van der Waals surface area contributed by atoms with E-state index < -0.39 is 0 Å². The van der Waals surface area contributed by atoms with Gasteiger partial charge in [-0.2, -0.15) is 0 Å². The Labute approximate surface area is 183 Å². The molecule has 2 rings (SSSR count). The number of quaternary nitrogens is 2. The topological polar surface area (TPSA) is 33.2 Å². The summed E-state index contributed by atoms with van der Waals surface area (Å²) >= 11 is 0. The maximum atomic E-state index is 2.16. The fourth-order valence-electron chi connectivity index (χ4n) is 1.70. The second-order valence-electron chi connectivity index (χ2n) is 4.20. The minimum absolute atomic E-state index is 0. The summed E-state index contributed by atoms with van der Waals surface area (Å²) in [6.07, 6.45) is 0. The van der Waals surface area contributed by atoms with E-state index in [1.54, 1.807) is 0 Å². The van der Waals surface area contributed by atoms with Gasteiger partial charge < -0.3 is 64.6 Å². The van der Waals surface area contributed by atoms with Gasteiger partial charge in [-0.1, -0.05) is 60.7 Å². The molecular formula is C16H24N2S4W-6. The van der Waals surface area contributed by atoms with Crippen LogP contribution in [0.25, 0.3) is 0 Å². The third-order valence-corrected chi connectivity index (χ3v) is 2.57. The van der Waals surface area contributed by atoms with Crippen LogP contribution in [0.1, 0.15) is 11.1 Å². The van der Waals surface area contributed by atoms with Crippen LogP contribution in [0.4, 0.5) is 0 Å². The van der Waals surface area contributed by atoms with E-state index in [4.69, 9.17) is 0 Å². The van der Waals surface area contributed by atoms with Crippen molar-refractivity contribution in [1.82, 2.24) is 0 Å². The molecule has 2 aromatic carbocycles. The predicted octanol–water partition coefficient (Wildman–Crippen LogP) is 0.748. The van der Waals surface area contributed by atoms with Crippen molar-refractivity contribution in [2.75, 3.05) is 14.1 Å². The summed E-state index contributed by atoms with van der Waals surface area (Å²) in [7, 11) is 4.15. The van der Waals surface area contributed by atoms with Gasteiger partial charge in [0, 0.05) is 32.2 Å². The van der Waals surface area contributed by atoms with Crippen molar-refractivity contribution in [1.29, 1.82) is 0 Å². The molecular weight excluding hydrogens is 532 g/mol. The number of hydrogen-bond acceptors (Lipinski definition) is 0. The van der Waals surface area contributed by atoms with Crippen LogP contribution in [0.15, 0.2) is 60.7 Å². The summed E-state index contributed by atoms with van der Waals surface area (Å²) in [5.41, 5.74) is 2.78. The molecule has 0 atom stereocenters. The molecule has 0 spiro atoms. The Hall–Kier alpha value is 0.448. The number of rotatable bonds is 4. The average Bonchev–Trinajstić information content (AvgIpc) is 2.43. The second-order valence-corrected chi connectivity index (χ2v) is 4.20. The first kappa shape index (κ1) is 34.7. The molecule has 23 heavy (non-hydrogen) atoms. The van der Waals surface area contributed by atoms with E-state index in [9.17, 15) is 0 Å². The number of hydrogen-bond donors (Lipinski definition) is 2. The van der Waals surface area contributed by atoms with Gasteiger partial charge in [0.2, 0.25) is 0 Å². The van der Waals surface area contributed by atoms with Gasteiger partial charge in [-0.25, -0.2) is 0 Å². The molecule has 0 aliphatic carbocycles. The maximum absolute atomic E-state index is 2.16. The first-order valence-electron chi connectivity index (χ1n) is 6.50. The van der Waals surface area contributed by atoms with Crippen LogP contribution in [0.5, 0.6) is 0 Å². The Morgan fingerprint density at radius 3 is 1.04 bits per heavy atom. The van der Waals surface area contributed by atoms with E-state index in [2.05, 4.69) is 73.3 Å². The van der Waals surface area contributed by atoms with E-state index in [1.165, 1.54) is 11.1 Å². The van der Waals surface area contributed by atoms with Crippen LogP contribution in [0.2, 0.25) is 0 Å². The van der Waals surface area contributed by atoms with E-state index in [0.29, 0.717) is 0 Å². The summed E-state index contributed by atoms with van der Waals surface area (Å²) in [5, 5.41) is 4.32. The van der Waals surface area contributed by atoms with Crippen molar-refractivity contribution in [3.05, 3.63) is 71.8 Å². The number of nitrogens with two attached hydrogens (primary N) is 2. The van der Waals surface area contributed by atoms with Gasteiger partial charge in [-0.15, -0.1) is 0 Å². The van der Waals surface area contributed by atoms with Crippen LogP contribution in [-0.2, 0) is 88.1 Å². The van der Waals surface area contributed by atoms with Crippen LogP contribution in [0.3, 0.4) is 0 Å². The molecule has 0 aliphatic heterocycles. The maximum Gasteiger partial charge on any atom is 0.101 e. The Morgan fingerprint density at radius 1 is 0.565 bits per heavy atom. The smallest absolute Gasteiger partial charge is 0.101 e. The molecule has 2 aromatic rings. The van der Waals surface area contributed by atoms with Crippen molar-refractivity contribution in [2.45, 2.75) is 13.1 Å². The third kappa shape index (κ3) is 18.6. The zero-order valence-corrected chi connectivity index (χ0v) is 19.6. The monoisotopic (exact) mass is 556 g/mol. The van der Waals surface area contributed by atoms with Gasteiger partial charge in [0.25, 0.3) is 0 Å². The van der Waals surface area contributed by atoms with E-state index in [1.807, 2.05) is 12.1 Å². The molecule has 0 heterocycles. The van der Waals surface area contributed by atoms with Gasteiger partial charge >= 0.3 is 0 Å². The first-order chi connectivity index (χ1) is 8.86. The van der Waals surface area contributed by atoms with Gasteiger partial charge in [0.15, 0.2) is 0 Å². The molecule has 0 aromatic heterocycles. The van der Waals surface area contributed by atoms with E-state index >= 15 is 0 Å². The predicted molar refractivity (Wildman–Crippen MR) is 105 cm³/mol. The molecule has 4 N–H and O–H groups in total. The van der Waals surface area contributed by atoms with Gasteiger partial charge in [-0.05, 0) is 0 Å². The Balaban J connectivity index is -0.0000000771. The number of benzene rings is 2. The van der Waals surface area contributed by atoms with Crippen LogP contribution in [0, 0.1) is 0 Å². The summed E-state index contributed by atoms with van der Waals surface area (Å²) in [5.74, 6) is 0. The fraction of sp³-hybridized carbons (Fsp3) is 0.250. The van der Waals surface area contributed by atoms with Crippen molar-refractivity contribution in [2.24, 2.45) is 0 Å². The van der Waals surface area contributed by atoms with Crippen LogP contribution < -0.4 is 10.6 Å². The molecule has 134 valence electrons. The largest absolute Gasteiger partial charge is 2.00 e. The second kappa shape index (κ2) is 24.7. The molecule has 2 nitrogen and oxygen atoms in total. The summed E-state index contributed by atoms with van der Waals surface area (Å²) in [6, 6.07) is 20.9. The summed E-state index contributed by atoms with van der Waals surface area (Å²) in [6.45, 7) is 2.17. The Kier molecular flexibility index (Phi) is 37.3. The standard InChI is InChI=1S/2C8H11N.4S.W/c2*1-9-7-8-5-3-2-4-6-8;;;;;/h2*2-6,9H,7H2,1H3;;;;;/q;;4*-2;/p+2. The zero-order valence-electron chi connectivity index (χ0n) is 13.4. The molecule has 0 saturated carbocycles. The van der Waals surface area contributed by atoms with Gasteiger partial charge in [0.05, 0.1) is 14.1 Å². The minimum atomic E-state index is 0. The van der Waals surface area contributed by atoms with Gasteiger partial charge in [-0.3, -0.25) is 0 Å². The molecule has 0 saturated heterocycles. The SMILES string of the molecule is C[NH2+]Cc1ccccc1.C[NH2+]Cc1ccccc1.[S-2].[S-2].[S-2].[S-2].[W]. The van der Waals surface area contributed by atoms with E-state index in [0.717, 1.165) is 13.1 Å². The van der Waals surface area contributed by atoms with Crippen molar-refractivity contribution in [3.8, 4) is 0 Å². The van der Waals surface area contributed by atoms with Gasteiger partial charge in [0.1, 0.15) is 13.1 Å². The molecule has 0 bridgehead atoms. The normalized spacial score (nSPS) is 7.39. The fourth-order valence-corrected chi connectivity index (χ4v) is 1.70.